The number of aromatic nitrogens is 2. The molecule has 0 radical (unpaired) electrons. The van der Waals surface area contributed by atoms with Gasteiger partial charge in [0.2, 0.25) is 5.82 Å². The molecule has 0 saturated carbocycles. The number of nitrogens with two attached hydrogens (primary N) is 1. The van der Waals surface area contributed by atoms with Crippen LogP contribution in [0, 0.1) is 5.92 Å². The van der Waals surface area contributed by atoms with E-state index in [0.717, 1.165) is 0 Å². The number of anilines is 2. The molecular formula is C12H19F3N4O. The van der Waals surface area contributed by atoms with Gasteiger partial charge in [0.05, 0.1) is 12.6 Å². The zero-order valence-corrected chi connectivity index (χ0v) is 11.7. The van der Waals surface area contributed by atoms with Gasteiger partial charge in [0, 0.05) is 12.7 Å². The van der Waals surface area contributed by atoms with Crippen LogP contribution in [0.3, 0.4) is 0 Å². The molecule has 1 heterocycles. The summed E-state index contributed by atoms with van der Waals surface area (Å²) in [6.07, 6.45) is -4.63. The highest BCUT2D eigenvalue weighted by Crippen LogP contribution is 2.28. The van der Waals surface area contributed by atoms with Crippen molar-refractivity contribution < 1.29 is 17.9 Å². The van der Waals surface area contributed by atoms with Crippen molar-refractivity contribution in [2.24, 2.45) is 5.92 Å². The highest BCUT2D eigenvalue weighted by molar-refractivity contribution is 5.45. The van der Waals surface area contributed by atoms with Crippen molar-refractivity contribution >= 4 is 11.6 Å². The molecule has 114 valence electrons. The SMILES string of the molecule is CCOCC(Nc1cc(N)nc(C(F)(F)F)n1)C(C)C. The Kier molecular flexibility index (Phi) is 5.55. The Bertz CT molecular complexity index is 437. The van der Waals surface area contributed by atoms with E-state index in [4.69, 9.17) is 10.5 Å². The number of rotatable bonds is 6. The molecule has 20 heavy (non-hydrogen) atoms. The second kappa shape index (κ2) is 6.74. The van der Waals surface area contributed by atoms with Crippen LogP contribution in [0.2, 0.25) is 0 Å². The third-order valence-electron chi connectivity index (χ3n) is 2.64. The molecule has 1 atom stereocenters. The van der Waals surface area contributed by atoms with E-state index in [0.29, 0.717) is 13.2 Å². The normalized spacial score (nSPS) is 13.6. The van der Waals surface area contributed by atoms with Crippen LogP contribution in [0.5, 0.6) is 0 Å². The van der Waals surface area contributed by atoms with Crippen molar-refractivity contribution in [1.82, 2.24) is 9.97 Å². The molecular weight excluding hydrogens is 273 g/mol. The fourth-order valence-electron chi connectivity index (χ4n) is 1.50. The van der Waals surface area contributed by atoms with E-state index >= 15 is 0 Å². The molecule has 0 aromatic carbocycles. The van der Waals surface area contributed by atoms with Gasteiger partial charge in [-0.3, -0.25) is 0 Å². The minimum absolute atomic E-state index is 0.0447. The molecule has 0 bridgehead atoms. The van der Waals surface area contributed by atoms with Gasteiger partial charge >= 0.3 is 6.18 Å². The van der Waals surface area contributed by atoms with Crippen molar-refractivity contribution in [2.75, 3.05) is 24.3 Å². The Morgan fingerprint density at radius 3 is 2.50 bits per heavy atom. The maximum atomic E-state index is 12.6. The minimum Gasteiger partial charge on any atom is -0.384 e. The van der Waals surface area contributed by atoms with E-state index in [1.54, 1.807) is 0 Å². The zero-order valence-electron chi connectivity index (χ0n) is 11.7. The van der Waals surface area contributed by atoms with Crippen LogP contribution in [0.4, 0.5) is 24.8 Å². The maximum Gasteiger partial charge on any atom is 0.451 e. The number of alkyl halides is 3. The van der Waals surface area contributed by atoms with Gasteiger partial charge < -0.3 is 15.8 Å². The fourth-order valence-corrected chi connectivity index (χ4v) is 1.50. The van der Waals surface area contributed by atoms with Crippen molar-refractivity contribution in [2.45, 2.75) is 33.0 Å². The summed E-state index contributed by atoms with van der Waals surface area (Å²) in [5.41, 5.74) is 5.39. The molecule has 1 unspecified atom stereocenters. The second-order valence-corrected chi connectivity index (χ2v) is 4.65. The average molecular weight is 292 g/mol. The molecule has 8 heteroatoms. The van der Waals surface area contributed by atoms with Gasteiger partial charge in [-0.25, -0.2) is 9.97 Å². The predicted molar refractivity (Wildman–Crippen MR) is 70.2 cm³/mol. The van der Waals surface area contributed by atoms with E-state index in [-0.39, 0.29) is 23.6 Å². The molecule has 0 aliphatic rings. The van der Waals surface area contributed by atoms with Crippen LogP contribution < -0.4 is 11.1 Å². The predicted octanol–water partition coefficient (Wildman–Crippen LogP) is 2.55. The first kappa shape index (κ1) is 16.5. The Morgan fingerprint density at radius 1 is 1.35 bits per heavy atom. The number of hydrogen-bond donors (Lipinski definition) is 2. The van der Waals surface area contributed by atoms with Crippen molar-refractivity contribution in [3.63, 3.8) is 0 Å². The molecule has 1 rings (SSSR count). The Labute approximate surface area is 115 Å². The lowest BCUT2D eigenvalue weighted by molar-refractivity contribution is -0.144. The van der Waals surface area contributed by atoms with E-state index in [2.05, 4.69) is 15.3 Å². The molecule has 0 aliphatic heterocycles. The van der Waals surface area contributed by atoms with Crippen molar-refractivity contribution in [3.8, 4) is 0 Å². The number of nitrogens with zero attached hydrogens (tertiary/aromatic N) is 2. The van der Waals surface area contributed by atoms with Gasteiger partial charge in [0.25, 0.3) is 0 Å². The quantitative estimate of drug-likeness (QED) is 0.843. The zero-order chi connectivity index (χ0) is 15.3. The lowest BCUT2D eigenvalue weighted by Gasteiger charge is -2.23. The van der Waals surface area contributed by atoms with Crippen LogP contribution >= 0.6 is 0 Å². The minimum atomic E-state index is -4.63. The summed E-state index contributed by atoms with van der Waals surface area (Å²) in [5.74, 6) is -1.28. The van der Waals surface area contributed by atoms with Crippen LogP contribution in [0.1, 0.15) is 26.6 Å². The molecule has 0 fully saturated rings. The summed E-state index contributed by atoms with van der Waals surface area (Å²) < 4.78 is 43.1. The van der Waals surface area contributed by atoms with E-state index in [1.807, 2.05) is 20.8 Å². The first-order chi connectivity index (χ1) is 9.24. The van der Waals surface area contributed by atoms with E-state index < -0.39 is 12.0 Å². The lowest BCUT2D eigenvalue weighted by atomic mass is 10.1. The number of hydrogen-bond acceptors (Lipinski definition) is 5. The van der Waals surface area contributed by atoms with Gasteiger partial charge in [-0.15, -0.1) is 0 Å². The maximum absolute atomic E-state index is 12.6. The van der Waals surface area contributed by atoms with Gasteiger partial charge in [0.1, 0.15) is 11.6 Å². The van der Waals surface area contributed by atoms with Crippen LogP contribution in [-0.4, -0.2) is 29.2 Å². The van der Waals surface area contributed by atoms with Crippen LogP contribution in [0.25, 0.3) is 0 Å². The number of nitrogen functional groups attached to an aromatic ring is 1. The topological polar surface area (TPSA) is 73.1 Å². The number of halogens is 3. The summed E-state index contributed by atoms with van der Waals surface area (Å²) in [4.78, 5) is 6.64. The summed E-state index contributed by atoms with van der Waals surface area (Å²) in [6, 6.07) is 1.11. The van der Waals surface area contributed by atoms with Gasteiger partial charge in [-0.05, 0) is 12.8 Å². The van der Waals surface area contributed by atoms with Gasteiger partial charge in [0.15, 0.2) is 0 Å². The first-order valence-electron chi connectivity index (χ1n) is 6.30. The fraction of sp³-hybridized carbons (Fsp3) is 0.667. The Hall–Kier alpha value is -1.57. The monoisotopic (exact) mass is 292 g/mol. The molecule has 0 spiro atoms. The summed E-state index contributed by atoms with van der Waals surface area (Å²) in [7, 11) is 0. The third-order valence-corrected chi connectivity index (χ3v) is 2.64. The molecule has 0 amide bonds. The van der Waals surface area contributed by atoms with E-state index in [9.17, 15) is 13.2 Å². The standard InChI is InChI=1S/C12H19F3N4O/c1-4-20-6-8(7(2)3)17-10-5-9(16)18-11(19-10)12(13,14)15/h5,7-8H,4,6H2,1-3H3,(H3,16,17,18,19). The highest BCUT2D eigenvalue weighted by atomic mass is 19.4. The summed E-state index contributed by atoms with van der Waals surface area (Å²) in [5, 5.41) is 2.91. The molecule has 0 saturated heterocycles. The molecule has 5 nitrogen and oxygen atoms in total. The smallest absolute Gasteiger partial charge is 0.384 e. The van der Waals surface area contributed by atoms with Gasteiger partial charge in [-0.1, -0.05) is 13.8 Å². The Balaban J connectivity index is 2.92. The largest absolute Gasteiger partial charge is 0.451 e. The third kappa shape index (κ3) is 4.84. The van der Waals surface area contributed by atoms with Crippen molar-refractivity contribution in [3.05, 3.63) is 11.9 Å². The second-order valence-electron chi connectivity index (χ2n) is 4.65. The highest BCUT2D eigenvalue weighted by Gasteiger charge is 2.35. The lowest BCUT2D eigenvalue weighted by Crippen LogP contribution is -2.31. The molecule has 1 aromatic rings. The summed E-state index contributed by atoms with van der Waals surface area (Å²) >= 11 is 0. The van der Waals surface area contributed by atoms with Crippen LogP contribution in [0.15, 0.2) is 6.07 Å². The van der Waals surface area contributed by atoms with Crippen molar-refractivity contribution in [1.29, 1.82) is 0 Å². The first-order valence-corrected chi connectivity index (χ1v) is 6.30. The Morgan fingerprint density at radius 2 is 2.00 bits per heavy atom. The molecule has 1 aromatic heterocycles. The summed E-state index contributed by atoms with van der Waals surface area (Å²) in [6.45, 7) is 6.63. The van der Waals surface area contributed by atoms with E-state index in [1.165, 1.54) is 6.07 Å². The average Bonchev–Trinajstić information content (AvgIpc) is 2.32. The molecule has 3 N–H and O–H groups in total. The van der Waals surface area contributed by atoms with Crippen LogP contribution in [-0.2, 0) is 10.9 Å². The van der Waals surface area contributed by atoms with Gasteiger partial charge in [-0.2, -0.15) is 13.2 Å². The molecule has 0 aliphatic carbocycles. The number of nitrogens with one attached hydrogen (secondary N) is 1. The number of ether oxygens (including phenoxy) is 1.